The fourth-order valence-corrected chi connectivity index (χ4v) is 1.98. The largest absolute Gasteiger partial charge is 0.514 e. The summed E-state index contributed by atoms with van der Waals surface area (Å²) in [6, 6.07) is 8.52. The highest BCUT2D eigenvalue weighted by Gasteiger charge is 2.28. The second kappa shape index (κ2) is 11.7. The molecule has 0 aliphatic rings. The molecule has 0 aromatic heterocycles. The molecule has 0 unspecified atom stereocenters. The Hall–Kier alpha value is -2.83. The summed E-state index contributed by atoms with van der Waals surface area (Å²) < 4.78 is 19.8. The zero-order valence-corrected chi connectivity index (χ0v) is 15.2. The summed E-state index contributed by atoms with van der Waals surface area (Å²) in [5.74, 6) is -1.96. The van der Waals surface area contributed by atoms with Crippen molar-refractivity contribution in [2.24, 2.45) is 5.92 Å². The summed E-state index contributed by atoms with van der Waals surface area (Å²) in [5.41, 5.74) is 0. The number of allylic oxidation sites excluding steroid dienone is 1. The van der Waals surface area contributed by atoms with Crippen molar-refractivity contribution in [3.05, 3.63) is 42.5 Å². The van der Waals surface area contributed by atoms with E-state index < -0.39 is 30.1 Å². The molecule has 1 rings (SSSR count). The van der Waals surface area contributed by atoms with E-state index in [1.807, 2.05) is 0 Å². The van der Waals surface area contributed by atoms with Gasteiger partial charge in [-0.2, -0.15) is 0 Å². The van der Waals surface area contributed by atoms with Crippen LogP contribution < -0.4 is 4.74 Å². The molecule has 7 heteroatoms. The van der Waals surface area contributed by atoms with Gasteiger partial charge in [-0.3, -0.25) is 9.59 Å². The quantitative estimate of drug-likeness (QED) is 0.218. The van der Waals surface area contributed by atoms with Gasteiger partial charge in [0.15, 0.2) is 5.92 Å². The van der Waals surface area contributed by atoms with Crippen LogP contribution in [0.4, 0.5) is 4.79 Å². The van der Waals surface area contributed by atoms with Crippen LogP contribution in [0.2, 0.25) is 0 Å². The van der Waals surface area contributed by atoms with Crippen LogP contribution >= 0.6 is 0 Å². The van der Waals surface area contributed by atoms with Gasteiger partial charge in [-0.15, -0.1) is 0 Å². The first kappa shape index (κ1) is 21.2. The summed E-state index contributed by atoms with van der Waals surface area (Å²) in [7, 11) is 0. The van der Waals surface area contributed by atoms with Crippen molar-refractivity contribution in [3.63, 3.8) is 0 Å². The maximum absolute atomic E-state index is 11.9. The summed E-state index contributed by atoms with van der Waals surface area (Å²) in [6.45, 7) is 5.29. The summed E-state index contributed by atoms with van der Waals surface area (Å²) in [4.78, 5) is 35.4. The van der Waals surface area contributed by atoms with Crippen LogP contribution in [0.3, 0.4) is 0 Å². The Kier molecular flexibility index (Phi) is 9.53. The normalized spacial score (nSPS) is 11.8. The highest BCUT2D eigenvalue weighted by molar-refractivity contribution is 5.95. The van der Waals surface area contributed by atoms with Crippen LogP contribution in [0, 0.1) is 5.92 Å². The topological polar surface area (TPSA) is 88.1 Å². The van der Waals surface area contributed by atoms with Crippen molar-refractivity contribution >= 4 is 18.1 Å². The van der Waals surface area contributed by atoms with Gasteiger partial charge in [0, 0.05) is 0 Å². The smallest absolute Gasteiger partial charge is 0.465 e. The molecule has 0 saturated heterocycles. The summed E-state index contributed by atoms with van der Waals surface area (Å²) >= 11 is 0. The minimum atomic E-state index is -1.05. The number of benzene rings is 1. The van der Waals surface area contributed by atoms with Crippen molar-refractivity contribution in [1.82, 2.24) is 0 Å². The molecule has 0 radical (unpaired) electrons. The molecule has 0 saturated carbocycles. The van der Waals surface area contributed by atoms with E-state index in [0.29, 0.717) is 5.75 Å². The Balaban J connectivity index is 2.53. The van der Waals surface area contributed by atoms with Gasteiger partial charge in [0.25, 0.3) is 0 Å². The molecule has 0 aliphatic carbocycles. The maximum atomic E-state index is 11.9. The lowest BCUT2D eigenvalue weighted by molar-refractivity contribution is -0.161. The Morgan fingerprint density at radius 2 is 1.58 bits per heavy atom. The van der Waals surface area contributed by atoms with Crippen molar-refractivity contribution < 1.29 is 33.3 Å². The lowest BCUT2D eigenvalue weighted by atomic mass is 10.1. The predicted octanol–water partition coefficient (Wildman–Crippen LogP) is 3.28. The zero-order valence-electron chi connectivity index (χ0n) is 15.2. The van der Waals surface area contributed by atoms with Crippen molar-refractivity contribution in [1.29, 1.82) is 0 Å². The highest BCUT2D eigenvalue weighted by atomic mass is 16.7. The molecule has 0 N–H and O–H groups in total. The molecule has 142 valence electrons. The average Bonchev–Trinajstić information content (AvgIpc) is 2.59. The molecule has 1 atom stereocenters. The number of hydrogen-bond donors (Lipinski definition) is 0. The molecular formula is C19H24O7. The minimum Gasteiger partial charge on any atom is -0.465 e. The van der Waals surface area contributed by atoms with Crippen LogP contribution in [-0.2, 0) is 23.8 Å². The van der Waals surface area contributed by atoms with E-state index in [-0.39, 0.29) is 19.6 Å². The Morgan fingerprint density at radius 1 is 1.00 bits per heavy atom. The van der Waals surface area contributed by atoms with E-state index in [1.165, 1.54) is 0 Å². The molecule has 26 heavy (non-hydrogen) atoms. The number of hydrogen-bond acceptors (Lipinski definition) is 7. The molecule has 1 aromatic rings. The average molecular weight is 364 g/mol. The third-order valence-corrected chi connectivity index (χ3v) is 3.15. The number of para-hydroxylation sites is 1. The standard InChI is InChI=1S/C19H24O7/c1-4-23-17(20)16(18(21)24-5-2)13-9-10-14(3)25-19(22)26-15-11-7-6-8-12-15/h6-12,14,16H,4-5,13H2,1-3H3/b10-9+/t14-/m0/s1. The molecule has 0 spiro atoms. The van der Waals surface area contributed by atoms with Crippen LogP contribution in [0.5, 0.6) is 5.75 Å². The predicted molar refractivity (Wildman–Crippen MR) is 93.5 cm³/mol. The second-order valence-electron chi connectivity index (χ2n) is 5.21. The molecular weight excluding hydrogens is 340 g/mol. The van der Waals surface area contributed by atoms with Crippen molar-refractivity contribution in [2.75, 3.05) is 13.2 Å². The first-order valence-corrected chi connectivity index (χ1v) is 8.41. The van der Waals surface area contributed by atoms with E-state index >= 15 is 0 Å². The van der Waals surface area contributed by atoms with Gasteiger partial charge in [0.05, 0.1) is 13.2 Å². The summed E-state index contributed by atoms with van der Waals surface area (Å²) in [5, 5.41) is 0. The third kappa shape index (κ3) is 7.83. The van der Waals surface area contributed by atoms with Crippen molar-refractivity contribution in [3.8, 4) is 5.75 Å². The Labute approximate surface area is 152 Å². The van der Waals surface area contributed by atoms with Crippen LogP contribution in [0.25, 0.3) is 0 Å². The van der Waals surface area contributed by atoms with Gasteiger partial charge in [-0.25, -0.2) is 4.79 Å². The molecule has 0 fully saturated rings. The van der Waals surface area contributed by atoms with Crippen LogP contribution in [-0.4, -0.2) is 37.4 Å². The SMILES string of the molecule is CCOC(=O)C(C/C=C/[C@H](C)OC(=O)Oc1ccccc1)C(=O)OCC. The lowest BCUT2D eigenvalue weighted by Gasteiger charge is -2.13. The Morgan fingerprint density at radius 3 is 2.12 bits per heavy atom. The molecule has 7 nitrogen and oxygen atoms in total. The van der Waals surface area contributed by atoms with E-state index in [0.717, 1.165) is 0 Å². The maximum Gasteiger partial charge on any atom is 0.514 e. The number of carbonyl (C=O) groups is 3. The van der Waals surface area contributed by atoms with Gasteiger partial charge in [0.1, 0.15) is 11.9 Å². The summed E-state index contributed by atoms with van der Waals surface area (Å²) in [6.07, 6.45) is 1.76. The first-order valence-electron chi connectivity index (χ1n) is 8.41. The van der Waals surface area contributed by atoms with E-state index in [2.05, 4.69) is 0 Å². The van der Waals surface area contributed by atoms with Crippen LogP contribution in [0.1, 0.15) is 27.2 Å². The molecule has 0 aliphatic heterocycles. The van der Waals surface area contributed by atoms with Gasteiger partial charge in [-0.1, -0.05) is 24.3 Å². The second-order valence-corrected chi connectivity index (χ2v) is 5.21. The number of esters is 2. The number of carbonyl (C=O) groups excluding carboxylic acids is 3. The number of ether oxygens (including phenoxy) is 4. The fourth-order valence-electron chi connectivity index (χ4n) is 1.98. The monoisotopic (exact) mass is 364 g/mol. The van der Waals surface area contributed by atoms with E-state index in [1.54, 1.807) is 63.3 Å². The molecule has 1 aromatic carbocycles. The molecule has 0 amide bonds. The van der Waals surface area contributed by atoms with E-state index in [9.17, 15) is 14.4 Å². The Bertz CT molecular complexity index is 592. The first-order chi connectivity index (χ1) is 12.5. The molecule has 0 heterocycles. The van der Waals surface area contributed by atoms with Crippen LogP contribution in [0.15, 0.2) is 42.5 Å². The van der Waals surface area contributed by atoms with Crippen molar-refractivity contribution in [2.45, 2.75) is 33.3 Å². The fraction of sp³-hybridized carbons (Fsp3) is 0.421. The molecule has 0 bridgehead atoms. The third-order valence-electron chi connectivity index (χ3n) is 3.15. The van der Waals surface area contributed by atoms with Gasteiger partial charge < -0.3 is 18.9 Å². The van der Waals surface area contributed by atoms with Gasteiger partial charge in [0.2, 0.25) is 0 Å². The van der Waals surface area contributed by atoms with Gasteiger partial charge in [-0.05, 0) is 45.4 Å². The van der Waals surface area contributed by atoms with Gasteiger partial charge >= 0.3 is 18.1 Å². The zero-order chi connectivity index (χ0) is 19.4. The minimum absolute atomic E-state index is 0.0824. The lowest BCUT2D eigenvalue weighted by Crippen LogP contribution is -2.27. The van der Waals surface area contributed by atoms with E-state index in [4.69, 9.17) is 18.9 Å². The highest BCUT2D eigenvalue weighted by Crippen LogP contribution is 2.12. The number of rotatable bonds is 9.